The average molecular weight is 469 g/mol. The normalized spacial score (nSPS) is 15.4. The number of aromatic nitrogens is 1. The molecule has 3 heterocycles. The molecular weight excluding hydrogens is 446 g/mol. The van der Waals surface area contributed by atoms with Crippen LogP contribution in [-0.2, 0) is 4.79 Å². The molecule has 8 heteroatoms. The summed E-state index contributed by atoms with van der Waals surface area (Å²) in [4.78, 5) is 27.8. The van der Waals surface area contributed by atoms with Gasteiger partial charge < -0.3 is 24.2 Å². The van der Waals surface area contributed by atoms with Crippen molar-refractivity contribution in [2.24, 2.45) is 5.92 Å². The number of hydrogen-bond acceptors (Lipinski definition) is 6. The van der Waals surface area contributed by atoms with E-state index in [-0.39, 0.29) is 24.5 Å². The van der Waals surface area contributed by atoms with E-state index in [1.807, 2.05) is 42.5 Å². The van der Waals surface area contributed by atoms with Gasteiger partial charge in [0, 0.05) is 41.9 Å². The van der Waals surface area contributed by atoms with E-state index in [1.54, 1.807) is 29.2 Å². The fourth-order valence-corrected chi connectivity index (χ4v) is 4.62. The number of rotatable bonds is 4. The molecule has 6 rings (SSSR count). The molecule has 0 aliphatic carbocycles. The Morgan fingerprint density at radius 1 is 0.914 bits per heavy atom. The minimum Gasteiger partial charge on any atom is -0.454 e. The Morgan fingerprint density at radius 3 is 2.54 bits per heavy atom. The second-order valence-electron chi connectivity index (χ2n) is 8.73. The van der Waals surface area contributed by atoms with Gasteiger partial charge in [-0.05, 0) is 43.2 Å². The molecule has 0 bridgehead atoms. The number of anilines is 1. The quantitative estimate of drug-likeness (QED) is 0.465. The lowest BCUT2D eigenvalue weighted by Gasteiger charge is -2.31. The summed E-state index contributed by atoms with van der Waals surface area (Å²) < 4.78 is 16.2. The third-order valence-electron chi connectivity index (χ3n) is 6.55. The van der Waals surface area contributed by atoms with Crippen LogP contribution in [-0.4, -0.2) is 41.8 Å². The summed E-state index contributed by atoms with van der Waals surface area (Å²) in [6.07, 6.45) is 1.21. The monoisotopic (exact) mass is 469 g/mol. The summed E-state index contributed by atoms with van der Waals surface area (Å²) in [7, 11) is 0. The number of nitrogens with one attached hydrogen (secondary N) is 1. The average Bonchev–Trinajstić information content (AvgIpc) is 3.55. The van der Waals surface area contributed by atoms with Crippen LogP contribution in [0, 0.1) is 5.92 Å². The van der Waals surface area contributed by atoms with Gasteiger partial charge >= 0.3 is 0 Å². The highest BCUT2D eigenvalue weighted by molar-refractivity contribution is 6.01. The predicted molar refractivity (Wildman–Crippen MR) is 129 cm³/mol. The van der Waals surface area contributed by atoms with Gasteiger partial charge in [0.2, 0.25) is 12.7 Å². The molecule has 3 aromatic carbocycles. The maximum absolute atomic E-state index is 13.2. The Hall–Kier alpha value is -4.33. The molecule has 35 heavy (non-hydrogen) atoms. The molecule has 176 valence electrons. The summed E-state index contributed by atoms with van der Waals surface area (Å²) in [5, 5.41) is 7.90. The predicted octanol–water partition coefficient (Wildman–Crippen LogP) is 4.71. The molecule has 2 aliphatic rings. The summed E-state index contributed by atoms with van der Waals surface area (Å²) in [6.45, 7) is 1.23. The number of nitrogens with zero attached hydrogens (tertiary/aromatic N) is 2. The van der Waals surface area contributed by atoms with Crippen molar-refractivity contribution in [2.75, 3.05) is 25.2 Å². The largest absolute Gasteiger partial charge is 0.454 e. The fourth-order valence-electron chi connectivity index (χ4n) is 4.62. The Labute approximate surface area is 201 Å². The Balaban J connectivity index is 1.12. The lowest BCUT2D eigenvalue weighted by atomic mass is 9.95. The van der Waals surface area contributed by atoms with Gasteiger partial charge in [-0.1, -0.05) is 35.5 Å². The van der Waals surface area contributed by atoms with E-state index in [0.29, 0.717) is 60.0 Å². The number of benzene rings is 3. The molecule has 8 nitrogen and oxygen atoms in total. The van der Waals surface area contributed by atoms with Crippen LogP contribution in [0.5, 0.6) is 11.5 Å². The van der Waals surface area contributed by atoms with Crippen molar-refractivity contribution in [3.63, 3.8) is 0 Å². The van der Waals surface area contributed by atoms with E-state index in [4.69, 9.17) is 14.0 Å². The van der Waals surface area contributed by atoms with Crippen LogP contribution in [0.3, 0.4) is 0 Å². The third-order valence-corrected chi connectivity index (χ3v) is 6.55. The van der Waals surface area contributed by atoms with Crippen LogP contribution < -0.4 is 14.8 Å². The maximum atomic E-state index is 13.2. The number of fused-ring (bicyclic) bond motifs is 2. The first-order valence-corrected chi connectivity index (χ1v) is 11.6. The maximum Gasteiger partial charge on any atom is 0.253 e. The zero-order valence-electron chi connectivity index (χ0n) is 18.9. The number of ether oxygens (including phenoxy) is 2. The Bertz CT molecular complexity index is 1410. The van der Waals surface area contributed by atoms with Gasteiger partial charge in [-0.15, -0.1) is 0 Å². The zero-order chi connectivity index (χ0) is 23.8. The first-order valence-electron chi connectivity index (χ1n) is 11.6. The summed E-state index contributed by atoms with van der Waals surface area (Å²) >= 11 is 0. The molecule has 1 aromatic heterocycles. The van der Waals surface area contributed by atoms with Crippen molar-refractivity contribution in [1.82, 2.24) is 10.1 Å². The second-order valence-corrected chi connectivity index (χ2v) is 8.73. The van der Waals surface area contributed by atoms with E-state index in [9.17, 15) is 9.59 Å². The van der Waals surface area contributed by atoms with Crippen molar-refractivity contribution < 1.29 is 23.6 Å². The van der Waals surface area contributed by atoms with Crippen LogP contribution in [0.2, 0.25) is 0 Å². The molecule has 0 radical (unpaired) electrons. The van der Waals surface area contributed by atoms with Crippen molar-refractivity contribution >= 4 is 28.4 Å². The van der Waals surface area contributed by atoms with Crippen LogP contribution in [0.4, 0.5) is 5.69 Å². The molecular formula is C27H23N3O5. The van der Waals surface area contributed by atoms with Crippen molar-refractivity contribution in [3.8, 4) is 22.8 Å². The van der Waals surface area contributed by atoms with E-state index < -0.39 is 0 Å². The minimum atomic E-state index is -0.158. The summed E-state index contributed by atoms with van der Waals surface area (Å²) in [6, 6.07) is 20.5. The molecule has 0 unspecified atom stereocenters. The van der Waals surface area contributed by atoms with Gasteiger partial charge in [-0.25, -0.2) is 0 Å². The highest BCUT2D eigenvalue weighted by Crippen LogP contribution is 2.35. The van der Waals surface area contributed by atoms with Crippen LogP contribution in [0.25, 0.3) is 22.2 Å². The van der Waals surface area contributed by atoms with Crippen molar-refractivity contribution in [3.05, 3.63) is 72.3 Å². The minimum absolute atomic E-state index is 0.0469. The van der Waals surface area contributed by atoms with Gasteiger partial charge in [0.15, 0.2) is 17.3 Å². The van der Waals surface area contributed by atoms with Crippen molar-refractivity contribution in [1.29, 1.82) is 0 Å². The molecule has 2 aliphatic heterocycles. The van der Waals surface area contributed by atoms with Crippen molar-refractivity contribution in [2.45, 2.75) is 12.8 Å². The highest BCUT2D eigenvalue weighted by atomic mass is 16.7. The SMILES string of the molecule is O=C(Nc1ccc2c(c1)OCO2)C1CCN(C(=O)c2ccc3noc(-c4ccccc4)c3c2)CC1. The molecule has 1 fully saturated rings. The molecule has 4 aromatic rings. The third kappa shape index (κ3) is 4.07. The lowest BCUT2D eigenvalue weighted by molar-refractivity contribution is -0.121. The van der Waals surface area contributed by atoms with Crippen LogP contribution >= 0.6 is 0 Å². The lowest BCUT2D eigenvalue weighted by Crippen LogP contribution is -2.41. The number of carbonyl (C=O) groups excluding carboxylic acids is 2. The van der Waals surface area contributed by atoms with Gasteiger partial charge in [-0.2, -0.15) is 0 Å². The molecule has 1 N–H and O–H groups in total. The Morgan fingerprint density at radius 2 is 1.71 bits per heavy atom. The number of hydrogen-bond donors (Lipinski definition) is 1. The van der Waals surface area contributed by atoms with Gasteiger partial charge in [0.1, 0.15) is 5.52 Å². The van der Waals surface area contributed by atoms with Gasteiger partial charge in [-0.3, -0.25) is 9.59 Å². The fraction of sp³-hybridized carbons (Fsp3) is 0.222. The molecule has 1 saturated heterocycles. The van der Waals surface area contributed by atoms with E-state index in [0.717, 1.165) is 10.9 Å². The van der Waals surface area contributed by atoms with E-state index >= 15 is 0 Å². The molecule has 0 saturated carbocycles. The van der Waals surface area contributed by atoms with E-state index in [2.05, 4.69) is 10.5 Å². The number of piperidine rings is 1. The van der Waals surface area contributed by atoms with E-state index in [1.165, 1.54) is 0 Å². The molecule has 0 spiro atoms. The molecule has 0 atom stereocenters. The van der Waals surface area contributed by atoms with Gasteiger partial charge in [0.25, 0.3) is 5.91 Å². The van der Waals surface area contributed by atoms with Crippen LogP contribution in [0.15, 0.2) is 71.3 Å². The summed E-state index contributed by atoms with van der Waals surface area (Å²) in [5.41, 5.74) is 2.88. The standard InChI is InChI=1S/C27H23N3O5/c31-26(28-20-7-9-23-24(15-20)34-16-33-23)18-10-12-30(13-11-18)27(32)19-6-8-22-21(14-19)25(35-29-22)17-4-2-1-3-5-17/h1-9,14-15,18H,10-13,16H2,(H,28,31). The summed E-state index contributed by atoms with van der Waals surface area (Å²) in [5.74, 6) is 1.69. The number of amides is 2. The Kier molecular flexibility index (Phi) is 5.33. The smallest absolute Gasteiger partial charge is 0.253 e. The topological polar surface area (TPSA) is 93.9 Å². The highest BCUT2D eigenvalue weighted by Gasteiger charge is 2.28. The number of carbonyl (C=O) groups is 2. The zero-order valence-corrected chi connectivity index (χ0v) is 18.9. The first-order chi connectivity index (χ1) is 17.2. The number of likely N-dealkylation sites (tertiary alicyclic amines) is 1. The second kappa shape index (κ2) is 8.79. The van der Waals surface area contributed by atoms with Gasteiger partial charge in [0.05, 0.1) is 5.39 Å². The first kappa shape index (κ1) is 21.2. The van der Waals surface area contributed by atoms with Crippen LogP contribution in [0.1, 0.15) is 23.2 Å². The molecule has 2 amide bonds.